The zero-order valence-corrected chi connectivity index (χ0v) is 13.5. The Labute approximate surface area is 128 Å². The van der Waals surface area contributed by atoms with Gasteiger partial charge in [0.1, 0.15) is 0 Å². The number of hydrogen-bond acceptors (Lipinski definition) is 5. The smallest absolute Gasteiger partial charge is 0.223 e. The summed E-state index contributed by atoms with van der Waals surface area (Å²) < 4.78 is 0. The van der Waals surface area contributed by atoms with Crippen molar-refractivity contribution in [2.45, 2.75) is 44.4 Å². The second-order valence-corrected chi connectivity index (χ2v) is 7.25. The van der Waals surface area contributed by atoms with Crippen LogP contribution in [0.5, 0.6) is 0 Å². The molecule has 6 heteroatoms. The monoisotopic (exact) mass is 314 g/mol. The second-order valence-electron chi connectivity index (χ2n) is 5.08. The molecule has 112 valence electrons. The molecule has 1 atom stereocenters. The van der Waals surface area contributed by atoms with Gasteiger partial charge in [-0.2, -0.15) is 11.8 Å². The number of carbonyl (C=O) groups is 1. The molecule has 0 spiro atoms. The number of aryl methyl sites for hydroxylation is 1. The highest BCUT2D eigenvalue weighted by Crippen LogP contribution is 2.20. The van der Waals surface area contributed by atoms with E-state index in [9.17, 15) is 9.90 Å². The molecule has 1 N–H and O–H groups in total. The van der Waals surface area contributed by atoms with Crippen molar-refractivity contribution in [1.29, 1.82) is 0 Å². The molecule has 2 rings (SSSR count). The Bertz CT molecular complexity index is 437. The summed E-state index contributed by atoms with van der Waals surface area (Å²) in [6.45, 7) is 2.91. The molecule has 2 heterocycles. The van der Waals surface area contributed by atoms with Crippen LogP contribution in [0.15, 0.2) is 5.38 Å². The molecular formula is C14H22N2O2S2. The molecular weight excluding hydrogens is 292 g/mol. The molecule has 1 aliphatic heterocycles. The van der Waals surface area contributed by atoms with Gasteiger partial charge >= 0.3 is 0 Å². The molecule has 20 heavy (non-hydrogen) atoms. The molecule has 0 bridgehead atoms. The van der Waals surface area contributed by atoms with Crippen LogP contribution in [0.3, 0.4) is 0 Å². The van der Waals surface area contributed by atoms with E-state index in [0.29, 0.717) is 6.42 Å². The molecule has 1 unspecified atom stereocenters. The number of thioether (sulfide) groups is 1. The van der Waals surface area contributed by atoms with Crippen LogP contribution in [0.1, 0.15) is 36.4 Å². The Morgan fingerprint density at radius 3 is 3.15 bits per heavy atom. The summed E-state index contributed by atoms with van der Waals surface area (Å²) in [6, 6.07) is 0.0439. The maximum atomic E-state index is 12.2. The number of piperidine rings is 1. The van der Waals surface area contributed by atoms with E-state index in [1.54, 1.807) is 23.1 Å². The third-order valence-electron chi connectivity index (χ3n) is 3.54. The summed E-state index contributed by atoms with van der Waals surface area (Å²) in [5.41, 5.74) is 1.11. The zero-order chi connectivity index (χ0) is 14.4. The Morgan fingerprint density at radius 1 is 1.60 bits per heavy atom. The summed E-state index contributed by atoms with van der Waals surface area (Å²) in [7, 11) is 0. The third kappa shape index (κ3) is 4.46. The van der Waals surface area contributed by atoms with Crippen LogP contribution < -0.4 is 0 Å². The minimum absolute atomic E-state index is 0.0439. The number of amides is 1. The molecule has 1 fully saturated rings. The molecule has 1 saturated heterocycles. The SMILES string of the molecule is Cc1nc(CSCCC(=O)N2CCCCC2CO)cs1. The first kappa shape index (κ1) is 15.8. The average Bonchev–Trinajstić information content (AvgIpc) is 2.89. The van der Waals surface area contributed by atoms with Gasteiger partial charge in [0, 0.05) is 29.9 Å². The van der Waals surface area contributed by atoms with Gasteiger partial charge < -0.3 is 10.0 Å². The van der Waals surface area contributed by atoms with Gasteiger partial charge in [0.15, 0.2) is 0 Å². The summed E-state index contributed by atoms with van der Waals surface area (Å²) in [5.74, 6) is 1.89. The maximum absolute atomic E-state index is 12.2. The van der Waals surface area contributed by atoms with Crippen LogP contribution in [0, 0.1) is 6.92 Å². The van der Waals surface area contributed by atoms with Crippen LogP contribution in [-0.2, 0) is 10.5 Å². The largest absolute Gasteiger partial charge is 0.394 e. The highest BCUT2D eigenvalue weighted by atomic mass is 32.2. The third-order valence-corrected chi connectivity index (χ3v) is 5.35. The summed E-state index contributed by atoms with van der Waals surface area (Å²) >= 11 is 3.42. The fraction of sp³-hybridized carbons (Fsp3) is 0.714. The van der Waals surface area contributed by atoms with Crippen molar-refractivity contribution >= 4 is 29.0 Å². The number of aliphatic hydroxyl groups is 1. The van der Waals surface area contributed by atoms with Gasteiger partial charge in [-0.05, 0) is 26.2 Å². The number of aromatic nitrogens is 1. The van der Waals surface area contributed by atoms with Crippen LogP contribution in [-0.4, -0.2) is 45.8 Å². The van der Waals surface area contributed by atoms with Crippen LogP contribution >= 0.6 is 23.1 Å². The lowest BCUT2D eigenvalue weighted by Gasteiger charge is -2.34. The minimum atomic E-state index is 0.0439. The minimum Gasteiger partial charge on any atom is -0.394 e. The highest BCUT2D eigenvalue weighted by molar-refractivity contribution is 7.98. The lowest BCUT2D eigenvalue weighted by Crippen LogP contribution is -2.45. The van der Waals surface area contributed by atoms with Gasteiger partial charge in [-0.3, -0.25) is 4.79 Å². The standard InChI is InChI=1S/C14H22N2O2S2/c1-11-15-12(10-20-11)9-19-7-5-14(18)16-6-3-2-4-13(16)8-17/h10,13,17H,2-9H2,1H3. The molecule has 1 aromatic heterocycles. The molecule has 1 aliphatic rings. The predicted octanol–water partition coefficient (Wildman–Crippen LogP) is 2.45. The predicted molar refractivity (Wildman–Crippen MR) is 84.1 cm³/mol. The van der Waals surface area contributed by atoms with Crippen molar-refractivity contribution in [1.82, 2.24) is 9.88 Å². The van der Waals surface area contributed by atoms with Gasteiger partial charge in [-0.25, -0.2) is 4.98 Å². The van der Waals surface area contributed by atoms with E-state index in [4.69, 9.17) is 0 Å². The summed E-state index contributed by atoms with van der Waals surface area (Å²) in [4.78, 5) is 18.5. The lowest BCUT2D eigenvalue weighted by molar-refractivity contribution is -0.135. The molecule has 0 aliphatic carbocycles. The Hall–Kier alpha value is -0.590. The summed E-state index contributed by atoms with van der Waals surface area (Å²) in [5, 5.41) is 12.5. The summed E-state index contributed by atoms with van der Waals surface area (Å²) in [6.07, 6.45) is 3.68. The zero-order valence-electron chi connectivity index (χ0n) is 11.9. The molecule has 0 saturated carbocycles. The van der Waals surface area contributed by atoms with Crippen molar-refractivity contribution in [3.05, 3.63) is 16.1 Å². The first-order valence-electron chi connectivity index (χ1n) is 7.10. The van der Waals surface area contributed by atoms with Gasteiger partial charge in [0.25, 0.3) is 0 Å². The molecule has 0 radical (unpaired) electrons. The van der Waals surface area contributed by atoms with Gasteiger partial charge in [0.05, 0.1) is 23.4 Å². The van der Waals surface area contributed by atoms with Crippen molar-refractivity contribution in [2.75, 3.05) is 18.9 Å². The molecule has 4 nitrogen and oxygen atoms in total. The van der Waals surface area contributed by atoms with Gasteiger partial charge in [-0.1, -0.05) is 0 Å². The first-order valence-corrected chi connectivity index (χ1v) is 9.13. The van der Waals surface area contributed by atoms with E-state index in [1.165, 1.54) is 0 Å². The number of rotatable bonds is 6. The van der Waals surface area contributed by atoms with Crippen molar-refractivity contribution in [3.8, 4) is 0 Å². The topological polar surface area (TPSA) is 53.4 Å². The van der Waals surface area contributed by atoms with Gasteiger partial charge in [-0.15, -0.1) is 11.3 Å². The van der Waals surface area contributed by atoms with Crippen LogP contribution in [0.2, 0.25) is 0 Å². The van der Waals surface area contributed by atoms with E-state index in [2.05, 4.69) is 10.4 Å². The molecule has 0 aromatic carbocycles. The van der Waals surface area contributed by atoms with Crippen molar-refractivity contribution in [2.24, 2.45) is 0 Å². The first-order chi connectivity index (χ1) is 9.70. The Kier molecular flexibility index (Phi) is 6.32. The second kappa shape index (κ2) is 8.00. The number of carbonyl (C=O) groups excluding carboxylic acids is 1. The molecule has 1 amide bonds. The van der Waals surface area contributed by atoms with Crippen molar-refractivity contribution < 1.29 is 9.90 Å². The Morgan fingerprint density at radius 2 is 2.45 bits per heavy atom. The number of nitrogens with zero attached hydrogens (tertiary/aromatic N) is 2. The Balaban J connectivity index is 1.69. The van der Waals surface area contributed by atoms with Gasteiger partial charge in [0.2, 0.25) is 5.91 Å². The fourth-order valence-electron chi connectivity index (χ4n) is 2.47. The maximum Gasteiger partial charge on any atom is 0.223 e. The normalized spacial score (nSPS) is 19.3. The lowest BCUT2D eigenvalue weighted by atomic mass is 10.0. The quantitative estimate of drug-likeness (QED) is 0.820. The van der Waals surface area contributed by atoms with E-state index < -0.39 is 0 Å². The van der Waals surface area contributed by atoms with E-state index >= 15 is 0 Å². The van der Waals surface area contributed by atoms with E-state index in [-0.39, 0.29) is 18.6 Å². The van der Waals surface area contributed by atoms with E-state index in [0.717, 1.165) is 48.0 Å². The fourth-order valence-corrected chi connectivity index (χ4v) is 4.01. The van der Waals surface area contributed by atoms with Crippen molar-refractivity contribution in [3.63, 3.8) is 0 Å². The number of thiazole rings is 1. The number of aliphatic hydroxyl groups excluding tert-OH is 1. The number of likely N-dealkylation sites (tertiary alicyclic amines) is 1. The van der Waals surface area contributed by atoms with Crippen LogP contribution in [0.4, 0.5) is 0 Å². The number of hydrogen-bond donors (Lipinski definition) is 1. The average molecular weight is 314 g/mol. The van der Waals surface area contributed by atoms with Crippen LogP contribution in [0.25, 0.3) is 0 Å². The molecule has 1 aromatic rings. The van der Waals surface area contributed by atoms with E-state index in [1.807, 2.05) is 11.8 Å². The highest BCUT2D eigenvalue weighted by Gasteiger charge is 2.25.